The van der Waals surface area contributed by atoms with Crippen molar-refractivity contribution in [1.82, 2.24) is 0 Å². The molecule has 4 aliphatic carbocycles. The lowest BCUT2D eigenvalue weighted by Gasteiger charge is -2.45. The highest BCUT2D eigenvalue weighted by Crippen LogP contribution is 2.60. The molecule has 4 rings (SSSR count). The van der Waals surface area contributed by atoms with Crippen LogP contribution in [-0.4, -0.2) is 37.2 Å². The molecule has 0 aromatic heterocycles. The van der Waals surface area contributed by atoms with Gasteiger partial charge in [0.1, 0.15) is 5.76 Å². The Bertz CT molecular complexity index is 1360. The molecule has 0 aromatic rings. The molecule has 3 nitrogen and oxygen atoms in total. The summed E-state index contributed by atoms with van der Waals surface area (Å²) >= 11 is 0. The van der Waals surface area contributed by atoms with Crippen molar-refractivity contribution in [3.05, 3.63) is 58.4 Å². The van der Waals surface area contributed by atoms with Crippen LogP contribution in [0.5, 0.6) is 0 Å². The molecule has 0 amide bonds. The van der Waals surface area contributed by atoms with Gasteiger partial charge in [-0.05, 0) is 160 Å². The van der Waals surface area contributed by atoms with Crippen LogP contribution in [0.1, 0.15) is 120 Å². The summed E-state index contributed by atoms with van der Waals surface area (Å²) in [5.41, 5.74) is 7.49. The summed E-state index contributed by atoms with van der Waals surface area (Å²) in [6.45, 7) is 42.7. The molecule has 0 N–H and O–H groups in total. The molecule has 49 heavy (non-hydrogen) atoms. The fourth-order valence-electron chi connectivity index (χ4n) is 8.78. The molecule has 0 radical (unpaired) electrons. The molecular formula is C43H76O3Si3. The second-order valence-corrected chi connectivity index (χ2v) is 34.7. The molecule has 0 spiro atoms. The zero-order valence-electron chi connectivity index (χ0n) is 34.9. The summed E-state index contributed by atoms with van der Waals surface area (Å²) in [5.74, 6) is 3.18. The van der Waals surface area contributed by atoms with Gasteiger partial charge in [0.2, 0.25) is 8.32 Å². The third kappa shape index (κ3) is 9.18. The van der Waals surface area contributed by atoms with E-state index in [-0.39, 0.29) is 22.3 Å². The molecule has 0 bridgehead atoms. The van der Waals surface area contributed by atoms with Gasteiger partial charge in [-0.25, -0.2) is 0 Å². The van der Waals surface area contributed by atoms with Crippen molar-refractivity contribution in [3.8, 4) is 0 Å². The Morgan fingerprint density at radius 2 is 1.45 bits per heavy atom. The first-order valence-electron chi connectivity index (χ1n) is 19.8. The van der Waals surface area contributed by atoms with E-state index in [0.29, 0.717) is 23.2 Å². The number of allylic oxidation sites excluding steroid dienone is 6. The van der Waals surface area contributed by atoms with Crippen LogP contribution < -0.4 is 0 Å². The van der Waals surface area contributed by atoms with Gasteiger partial charge in [0.25, 0.3) is 0 Å². The average molecular weight is 725 g/mol. The summed E-state index contributed by atoms with van der Waals surface area (Å²) in [6, 6.07) is 0. The number of rotatable bonds is 9. The van der Waals surface area contributed by atoms with Gasteiger partial charge in [0.15, 0.2) is 16.6 Å². The van der Waals surface area contributed by atoms with Crippen molar-refractivity contribution in [1.29, 1.82) is 0 Å². The summed E-state index contributed by atoms with van der Waals surface area (Å²) in [6.07, 6.45) is 18.5. The number of hydrogen-bond acceptors (Lipinski definition) is 3. The third-order valence-electron chi connectivity index (χ3n) is 13.7. The van der Waals surface area contributed by atoms with E-state index in [1.165, 1.54) is 60.2 Å². The Balaban J connectivity index is 1.60. The molecule has 0 aromatic carbocycles. The van der Waals surface area contributed by atoms with Gasteiger partial charge in [0, 0.05) is 6.42 Å². The average Bonchev–Trinajstić information content (AvgIpc) is 3.46. The zero-order chi connectivity index (χ0) is 37.0. The van der Waals surface area contributed by atoms with Gasteiger partial charge in [-0.15, -0.1) is 0 Å². The van der Waals surface area contributed by atoms with Gasteiger partial charge in [-0.1, -0.05) is 85.8 Å². The molecule has 6 heteroatoms. The Labute approximate surface area is 306 Å². The summed E-state index contributed by atoms with van der Waals surface area (Å²) < 4.78 is 20.9. The molecular weight excluding hydrogens is 649 g/mol. The van der Waals surface area contributed by atoms with E-state index in [0.717, 1.165) is 25.7 Å². The Morgan fingerprint density at radius 3 is 2.04 bits per heavy atom. The van der Waals surface area contributed by atoms with E-state index in [2.05, 4.69) is 126 Å². The molecule has 4 aliphatic rings. The van der Waals surface area contributed by atoms with Crippen molar-refractivity contribution in [2.45, 2.75) is 188 Å². The molecule has 0 saturated heterocycles. The Kier molecular flexibility index (Phi) is 12.1. The molecule has 278 valence electrons. The highest BCUT2D eigenvalue weighted by atomic mass is 28.4. The van der Waals surface area contributed by atoms with Gasteiger partial charge >= 0.3 is 0 Å². The number of fused-ring (bicyclic) bond motifs is 1. The lowest BCUT2D eigenvalue weighted by Crippen LogP contribution is -2.49. The SMILES string of the molecule is C=C1/C(=C\C=C2/CCC[C@@]3(C)C2CC[C@@H]3C(C)/C=C2\CCC(C)=C2O[Si](C)(C)C)C[C@@H](O[Si](C)(C)C(C)(C)C)C[C@@H]1O[Si](C)(C)C(C)(C)C. The van der Waals surface area contributed by atoms with Crippen molar-refractivity contribution in [2.75, 3.05) is 0 Å². The molecule has 0 aliphatic heterocycles. The zero-order valence-corrected chi connectivity index (χ0v) is 37.9. The largest absolute Gasteiger partial charge is 0.544 e. The lowest BCUT2D eigenvalue weighted by molar-refractivity contribution is 0.0969. The van der Waals surface area contributed by atoms with Crippen LogP contribution in [-0.2, 0) is 13.3 Å². The van der Waals surface area contributed by atoms with Crippen LogP contribution in [0, 0.1) is 23.2 Å². The topological polar surface area (TPSA) is 27.7 Å². The maximum atomic E-state index is 7.13. The van der Waals surface area contributed by atoms with Crippen molar-refractivity contribution in [3.63, 3.8) is 0 Å². The predicted molar refractivity (Wildman–Crippen MR) is 220 cm³/mol. The van der Waals surface area contributed by atoms with E-state index in [4.69, 9.17) is 19.9 Å². The van der Waals surface area contributed by atoms with Crippen LogP contribution in [0.25, 0.3) is 0 Å². The van der Waals surface area contributed by atoms with E-state index in [1.54, 1.807) is 5.57 Å². The van der Waals surface area contributed by atoms with Crippen LogP contribution in [0.4, 0.5) is 0 Å². The third-order valence-corrected chi connectivity index (χ3v) is 23.6. The smallest absolute Gasteiger partial charge is 0.242 e. The quantitative estimate of drug-likeness (QED) is 0.222. The van der Waals surface area contributed by atoms with Crippen LogP contribution in [0.15, 0.2) is 58.4 Å². The fraction of sp³-hybridized carbons (Fsp3) is 0.767. The van der Waals surface area contributed by atoms with E-state index in [1.807, 2.05) is 0 Å². The van der Waals surface area contributed by atoms with Crippen molar-refractivity contribution >= 4 is 25.0 Å². The van der Waals surface area contributed by atoms with Crippen LogP contribution >= 0.6 is 0 Å². The molecule has 3 fully saturated rings. The minimum atomic E-state index is -1.98. The molecule has 0 heterocycles. The monoisotopic (exact) mass is 725 g/mol. The predicted octanol–water partition coefficient (Wildman–Crippen LogP) is 13.7. The molecule has 3 saturated carbocycles. The van der Waals surface area contributed by atoms with Crippen molar-refractivity contribution < 1.29 is 13.3 Å². The van der Waals surface area contributed by atoms with Gasteiger partial charge in [-0.3, -0.25) is 0 Å². The molecule has 6 atom stereocenters. The maximum absolute atomic E-state index is 7.13. The van der Waals surface area contributed by atoms with E-state index < -0.39 is 25.0 Å². The van der Waals surface area contributed by atoms with Gasteiger partial charge in [0.05, 0.1) is 12.2 Å². The highest BCUT2D eigenvalue weighted by Gasteiger charge is 2.51. The maximum Gasteiger partial charge on any atom is 0.242 e. The highest BCUT2D eigenvalue weighted by molar-refractivity contribution is 6.74. The number of hydrogen-bond donors (Lipinski definition) is 0. The summed E-state index contributed by atoms with van der Waals surface area (Å²) in [5, 5.41) is 0.332. The van der Waals surface area contributed by atoms with E-state index >= 15 is 0 Å². The summed E-state index contributed by atoms with van der Waals surface area (Å²) in [7, 11) is -5.57. The first-order valence-corrected chi connectivity index (χ1v) is 29.0. The van der Waals surface area contributed by atoms with Crippen LogP contribution in [0.3, 0.4) is 0 Å². The molecule has 2 unspecified atom stereocenters. The van der Waals surface area contributed by atoms with Gasteiger partial charge < -0.3 is 13.3 Å². The second kappa shape index (κ2) is 14.5. The second-order valence-electron chi connectivity index (χ2n) is 20.7. The first kappa shape index (κ1) is 40.8. The summed E-state index contributed by atoms with van der Waals surface area (Å²) in [4.78, 5) is 0. The standard InChI is InChI=1S/C43H76O3Si3/c1-30-20-21-35(40(30)46-47(11,12)13)27-31(2)37-24-25-38-33(19-18-26-43(37,38)10)22-23-34-28-36(44-48(14,15)41(4,5)6)29-39(32(34)3)45-49(16,17)42(7,8)9/h22-23,27,31,36-39H,3,18-21,24-26,28-29H2,1-2,4-17H3/b33-22+,34-23-,35-27+/t31?,36-,37-,38?,39+,43-/m1/s1. The van der Waals surface area contributed by atoms with Crippen LogP contribution in [0.2, 0.25) is 55.9 Å². The van der Waals surface area contributed by atoms with Crippen molar-refractivity contribution in [2.24, 2.45) is 23.2 Å². The van der Waals surface area contributed by atoms with E-state index in [9.17, 15) is 0 Å². The minimum Gasteiger partial charge on any atom is -0.544 e. The fourth-order valence-corrected chi connectivity index (χ4v) is 12.4. The normalized spacial score (nSPS) is 32.4. The Hall–Kier alpha value is -0.929. The van der Waals surface area contributed by atoms with Gasteiger partial charge in [-0.2, -0.15) is 0 Å². The Morgan fingerprint density at radius 1 is 0.837 bits per heavy atom. The first-order chi connectivity index (χ1) is 22.3. The lowest BCUT2D eigenvalue weighted by atomic mass is 9.61. The minimum absolute atomic E-state index is 0.0264.